The minimum atomic E-state index is -3.86. The normalized spacial score (nSPS) is 12.2. The van der Waals surface area contributed by atoms with E-state index >= 15 is 0 Å². The van der Waals surface area contributed by atoms with Crippen LogP contribution < -0.4 is 4.72 Å². The molecule has 8 heteroatoms. The van der Waals surface area contributed by atoms with Crippen molar-refractivity contribution in [2.75, 3.05) is 11.0 Å². The fraction of sp³-hybridized carbons (Fsp3) is 0.100. The van der Waals surface area contributed by atoms with E-state index < -0.39 is 19.9 Å². The highest BCUT2D eigenvalue weighted by atomic mass is 32.2. The maximum absolute atomic E-state index is 11.8. The highest BCUT2D eigenvalue weighted by molar-refractivity contribution is 7.94. The predicted molar refractivity (Wildman–Crippen MR) is 66.8 cm³/mol. The first-order valence-electron chi connectivity index (χ1n) is 4.64. The number of sulfonamides is 1. The maximum atomic E-state index is 11.8. The molecule has 0 fully saturated rings. The van der Waals surface area contributed by atoms with Gasteiger partial charge in [0.15, 0.2) is 0 Å². The van der Waals surface area contributed by atoms with Crippen LogP contribution in [0.2, 0.25) is 0 Å². The van der Waals surface area contributed by atoms with E-state index in [1.54, 1.807) is 6.07 Å². The van der Waals surface area contributed by atoms with Gasteiger partial charge in [0.05, 0.1) is 22.9 Å². The molecular formula is C10H10N2O4S2. The second kappa shape index (κ2) is 5.20. The maximum Gasteiger partial charge on any atom is 0.229 e. The van der Waals surface area contributed by atoms with Gasteiger partial charge >= 0.3 is 0 Å². The van der Waals surface area contributed by atoms with Crippen molar-refractivity contribution in [3.63, 3.8) is 0 Å². The van der Waals surface area contributed by atoms with Crippen molar-refractivity contribution in [2.24, 2.45) is 0 Å². The van der Waals surface area contributed by atoms with E-state index in [2.05, 4.69) is 4.72 Å². The number of rotatable bonds is 4. The first-order valence-corrected chi connectivity index (χ1v) is 8.08. The van der Waals surface area contributed by atoms with Crippen molar-refractivity contribution < 1.29 is 16.8 Å². The summed E-state index contributed by atoms with van der Waals surface area (Å²) in [4.78, 5) is -0.207. The van der Waals surface area contributed by atoms with Crippen LogP contribution in [0, 0.1) is 11.3 Å². The summed E-state index contributed by atoms with van der Waals surface area (Å²) >= 11 is 0. The second-order valence-corrected chi connectivity index (χ2v) is 6.90. The topological polar surface area (TPSA) is 104 Å². The van der Waals surface area contributed by atoms with E-state index in [4.69, 9.17) is 5.26 Å². The third kappa shape index (κ3) is 3.87. The Bertz CT molecular complexity index is 712. The quantitative estimate of drug-likeness (QED) is 0.827. The van der Waals surface area contributed by atoms with Crippen LogP contribution >= 0.6 is 0 Å². The smallest absolute Gasteiger partial charge is 0.229 e. The molecule has 18 heavy (non-hydrogen) atoms. The third-order valence-corrected chi connectivity index (χ3v) is 3.86. The monoisotopic (exact) mass is 286 g/mol. The molecule has 0 unspecified atom stereocenters. The molecule has 1 aromatic carbocycles. The summed E-state index contributed by atoms with van der Waals surface area (Å²) in [5, 5.41) is 9.04. The number of allylic oxidation sites excluding steroid dienone is 1. The van der Waals surface area contributed by atoms with Crippen molar-refractivity contribution in [1.29, 1.82) is 5.26 Å². The predicted octanol–water partition coefficient (Wildman–Crippen LogP) is 0.869. The second-order valence-electron chi connectivity index (χ2n) is 3.35. The molecule has 0 heterocycles. The SMILES string of the molecule is CS(=O)(=O)Nc1ccccc1S(=O)(=O)C=CC#N. The molecule has 0 amide bonds. The van der Waals surface area contributed by atoms with Gasteiger partial charge in [-0.1, -0.05) is 12.1 Å². The number of nitriles is 1. The molecule has 0 aliphatic rings. The zero-order valence-corrected chi connectivity index (χ0v) is 11.0. The van der Waals surface area contributed by atoms with Gasteiger partial charge in [-0.2, -0.15) is 5.26 Å². The molecule has 0 aliphatic carbocycles. The summed E-state index contributed by atoms with van der Waals surface area (Å²) in [5.74, 6) is 0. The van der Waals surface area contributed by atoms with Gasteiger partial charge in [0, 0.05) is 11.5 Å². The van der Waals surface area contributed by atoms with Crippen molar-refractivity contribution in [3.8, 4) is 6.07 Å². The molecule has 1 N–H and O–H groups in total. The van der Waals surface area contributed by atoms with Gasteiger partial charge in [-0.15, -0.1) is 0 Å². The minimum Gasteiger partial charge on any atom is -0.282 e. The molecule has 0 aliphatic heterocycles. The summed E-state index contributed by atoms with van der Waals surface area (Å²) < 4.78 is 48.0. The molecule has 0 aromatic heterocycles. The number of anilines is 1. The summed E-state index contributed by atoms with van der Waals surface area (Å²) in [6.07, 6.45) is 1.73. The van der Waals surface area contributed by atoms with Gasteiger partial charge < -0.3 is 0 Å². The number of sulfone groups is 1. The molecular weight excluding hydrogens is 276 g/mol. The van der Waals surface area contributed by atoms with Crippen molar-refractivity contribution in [1.82, 2.24) is 0 Å². The van der Waals surface area contributed by atoms with Gasteiger partial charge in [0.2, 0.25) is 19.9 Å². The summed E-state index contributed by atoms with van der Waals surface area (Å²) in [6, 6.07) is 7.10. The molecule has 1 aromatic rings. The van der Waals surface area contributed by atoms with Crippen LogP contribution in [0.25, 0.3) is 0 Å². The minimum absolute atomic E-state index is 0.0532. The van der Waals surface area contributed by atoms with Crippen LogP contribution in [0.3, 0.4) is 0 Å². The Labute approximate surface area is 106 Å². The van der Waals surface area contributed by atoms with E-state index in [1.165, 1.54) is 24.3 Å². The van der Waals surface area contributed by atoms with Crippen molar-refractivity contribution in [2.45, 2.75) is 4.90 Å². The third-order valence-electron chi connectivity index (χ3n) is 1.81. The van der Waals surface area contributed by atoms with Gasteiger partial charge in [0.1, 0.15) is 0 Å². The van der Waals surface area contributed by atoms with E-state index in [9.17, 15) is 16.8 Å². The van der Waals surface area contributed by atoms with E-state index in [0.29, 0.717) is 0 Å². The Balaban J connectivity index is 3.35. The van der Waals surface area contributed by atoms with Gasteiger partial charge in [-0.05, 0) is 12.1 Å². The summed E-state index contributed by atoms with van der Waals surface area (Å²) in [6.45, 7) is 0. The van der Waals surface area contributed by atoms with Gasteiger partial charge in [-0.25, -0.2) is 16.8 Å². The number of para-hydroxylation sites is 1. The largest absolute Gasteiger partial charge is 0.282 e. The number of hydrogen-bond acceptors (Lipinski definition) is 5. The number of hydrogen-bond donors (Lipinski definition) is 1. The molecule has 0 atom stereocenters. The standard InChI is InChI=1S/C10H10N2O4S2/c1-17(13,14)12-9-5-2-3-6-10(9)18(15,16)8-4-7-11/h2-6,8,12H,1H3. The molecule has 1 rings (SSSR count). The van der Waals surface area contributed by atoms with Gasteiger partial charge in [0.25, 0.3) is 0 Å². The van der Waals surface area contributed by atoms with Crippen molar-refractivity contribution >= 4 is 25.5 Å². The van der Waals surface area contributed by atoms with Crippen LogP contribution in [0.15, 0.2) is 40.6 Å². The van der Waals surface area contributed by atoms with Crippen LogP contribution in [-0.4, -0.2) is 23.1 Å². The highest BCUT2D eigenvalue weighted by Gasteiger charge is 2.17. The molecule has 0 bridgehead atoms. The summed E-state index contributed by atoms with van der Waals surface area (Å²) in [7, 11) is -7.44. The molecule has 0 radical (unpaired) electrons. The lowest BCUT2D eigenvalue weighted by molar-refractivity contribution is 0.605. The Morgan fingerprint density at radius 3 is 2.39 bits per heavy atom. The molecule has 6 nitrogen and oxygen atoms in total. The van der Waals surface area contributed by atoms with E-state index in [-0.39, 0.29) is 10.6 Å². The lowest BCUT2D eigenvalue weighted by Gasteiger charge is -2.08. The molecule has 0 spiro atoms. The zero-order chi connectivity index (χ0) is 13.8. The fourth-order valence-electron chi connectivity index (χ4n) is 1.19. The van der Waals surface area contributed by atoms with Crippen LogP contribution in [0.1, 0.15) is 0 Å². The Morgan fingerprint density at radius 2 is 1.83 bits per heavy atom. The zero-order valence-electron chi connectivity index (χ0n) is 9.36. The van der Waals surface area contributed by atoms with E-state index in [1.807, 2.05) is 0 Å². The average Bonchev–Trinajstić information content (AvgIpc) is 2.25. The van der Waals surface area contributed by atoms with Crippen LogP contribution in [0.5, 0.6) is 0 Å². The first-order chi connectivity index (χ1) is 8.26. The molecule has 0 saturated carbocycles. The van der Waals surface area contributed by atoms with Crippen LogP contribution in [-0.2, 0) is 19.9 Å². The van der Waals surface area contributed by atoms with E-state index in [0.717, 1.165) is 17.7 Å². The lowest BCUT2D eigenvalue weighted by atomic mass is 10.3. The summed E-state index contributed by atoms with van der Waals surface area (Å²) in [5.41, 5.74) is -0.0532. The average molecular weight is 286 g/mol. The lowest BCUT2D eigenvalue weighted by Crippen LogP contribution is -2.12. The number of nitrogens with zero attached hydrogens (tertiary/aromatic N) is 1. The fourth-order valence-corrected chi connectivity index (χ4v) is 2.91. The first kappa shape index (κ1) is 14.2. The highest BCUT2D eigenvalue weighted by Crippen LogP contribution is 2.23. The van der Waals surface area contributed by atoms with Gasteiger partial charge in [-0.3, -0.25) is 4.72 Å². The van der Waals surface area contributed by atoms with Crippen molar-refractivity contribution in [3.05, 3.63) is 35.7 Å². The van der Waals surface area contributed by atoms with Crippen LogP contribution in [0.4, 0.5) is 5.69 Å². The Kier molecular flexibility index (Phi) is 4.11. The number of benzene rings is 1. The molecule has 96 valence electrons. The number of nitrogens with one attached hydrogen (secondary N) is 1. The Morgan fingerprint density at radius 1 is 1.22 bits per heavy atom. The Hall–Kier alpha value is -1.85. The molecule has 0 saturated heterocycles.